The van der Waals surface area contributed by atoms with Crippen molar-refractivity contribution in [3.8, 4) is 5.75 Å². The van der Waals surface area contributed by atoms with Crippen LogP contribution in [0.3, 0.4) is 0 Å². The van der Waals surface area contributed by atoms with Gasteiger partial charge in [0.25, 0.3) is 0 Å². The van der Waals surface area contributed by atoms with Crippen LogP contribution < -0.4 is 10.5 Å². The molecule has 0 aromatic heterocycles. The zero-order chi connectivity index (χ0) is 12.1. The molecule has 0 aliphatic carbocycles. The third-order valence-electron chi connectivity index (χ3n) is 2.34. The highest BCUT2D eigenvalue weighted by Gasteiger charge is 2.21. The van der Waals surface area contributed by atoms with Gasteiger partial charge < -0.3 is 20.7 Å². The number of halogens is 1. The molecule has 0 spiro atoms. The van der Waals surface area contributed by atoms with Gasteiger partial charge in [-0.05, 0) is 25.1 Å². The van der Waals surface area contributed by atoms with Gasteiger partial charge in [-0.3, -0.25) is 0 Å². The average Bonchev–Trinajstić information content (AvgIpc) is 2.28. The highest BCUT2D eigenvalue weighted by molar-refractivity contribution is 5.36. The van der Waals surface area contributed by atoms with Gasteiger partial charge in [0.15, 0.2) is 0 Å². The zero-order valence-corrected chi connectivity index (χ0v) is 9.06. The van der Waals surface area contributed by atoms with Crippen molar-refractivity contribution in [1.82, 2.24) is 0 Å². The van der Waals surface area contributed by atoms with Crippen molar-refractivity contribution in [3.05, 3.63) is 29.6 Å². The van der Waals surface area contributed by atoms with Crippen LogP contribution in [0.15, 0.2) is 18.2 Å². The molecule has 2 unspecified atom stereocenters. The molecule has 5 heteroatoms. The monoisotopic (exact) mass is 229 g/mol. The molecule has 0 aliphatic heterocycles. The van der Waals surface area contributed by atoms with Crippen molar-refractivity contribution < 1.29 is 19.3 Å². The lowest BCUT2D eigenvalue weighted by atomic mass is 10.0. The summed E-state index contributed by atoms with van der Waals surface area (Å²) in [6.45, 7) is 0.266. The summed E-state index contributed by atoms with van der Waals surface area (Å²) in [5.41, 5.74) is 5.63. The summed E-state index contributed by atoms with van der Waals surface area (Å²) < 4.78 is 17.8. The first kappa shape index (κ1) is 12.9. The summed E-state index contributed by atoms with van der Waals surface area (Å²) in [6.07, 6.45) is -1.84. The van der Waals surface area contributed by atoms with Crippen LogP contribution >= 0.6 is 0 Å². The number of hydrogen-bond acceptors (Lipinski definition) is 4. The predicted molar refractivity (Wildman–Crippen MR) is 57.6 cm³/mol. The zero-order valence-electron chi connectivity index (χ0n) is 9.06. The van der Waals surface area contributed by atoms with E-state index in [4.69, 9.17) is 10.5 Å². The molecule has 4 nitrogen and oxygen atoms in total. The lowest BCUT2D eigenvalue weighted by molar-refractivity contribution is 0.0136. The van der Waals surface area contributed by atoms with Gasteiger partial charge in [0, 0.05) is 11.6 Å². The highest BCUT2D eigenvalue weighted by Crippen LogP contribution is 2.28. The minimum absolute atomic E-state index is 0.212. The van der Waals surface area contributed by atoms with Crippen LogP contribution in [0.5, 0.6) is 5.75 Å². The van der Waals surface area contributed by atoms with Crippen molar-refractivity contribution in [2.45, 2.75) is 18.6 Å². The smallest absolute Gasteiger partial charge is 0.127 e. The molecular formula is C11H16FNO3. The van der Waals surface area contributed by atoms with Crippen LogP contribution in [0, 0.1) is 5.82 Å². The van der Waals surface area contributed by atoms with Crippen molar-refractivity contribution in [3.63, 3.8) is 0 Å². The Labute approximate surface area is 93.5 Å². The van der Waals surface area contributed by atoms with Gasteiger partial charge in [-0.15, -0.1) is 0 Å². The third-order valence-corrected chi connectivity index (χ3v) is 2.34. The maximum absolute atomic E-state index is 12.9. The SMILES string of the molecule is COc1cc(F)ccc1C(O)C(O)CCN. The minimum atomic E-state index is -1.13. The molecule has 4 N–H and O–H groups in total. The average molecular weight is 229 g/mol. The van der Waals surface area contributed by atoms with E-state index in [9.17, 15) is 14.6 Å². The van der Waals surface area contributed by atoms with Gasteiger partial charge in [-0.2, -0.15) is 0 Å². The number of ether oxygens (including phenoxy) is 1. The van der Waals surface area contributed by atoms with Crippen molar-refractivity contribution >= 4 is 0 Å². The van der Waals surface area contributed by atoms with E-state index in [1.54, 1.807) is 0 Å². The van der Waals surface area contributed by atoms with Gasteiger partial charge in [-0.1, -0.05) is 0 Å². The minimum Gasteiger partial charge on any atom is -0.496 e. The van der Waals surface area contributed by atoms with E-state index in [1.165, 1.54) is 19.2 Å². The Morgan fingerprint density at radius 1 is 1.44 bits per heavy atom. The molecule has 1 rings (SSSR count). The second-order valence-electron chi connectivity index (χ2n) is 3.48. The molecule has 0 saturated heterocycles. The molecule has 0 aliphatic rings. The van der Waals surface area contributed by atoms with E-state index in [-0.39, 0.29) is 18.7 Å². The van der Waals surface area contributed by atoms with Gasteiger partial charge >= 0.3 is 0 Å². The first-order valence-electron chi connectivity index (χ1n) is 4.99. The summed E-state index contributed by atoms with van der Waals surface area (Å²) >= 11 is 0. The number of aliphatic hydroxyl groups excluding tert-OH is 2. The lowest BCUT2D eigenvalue weighted by Gasteiger charge is -2.19. The fourth-order valence-electron chi connectivity index (χ4n) is 1.47. The summed E-state index contributed by atoms with van der Waals surface area (Å²) in [4.78, 5) is 0. The van der Waals surface area contributed by atoms with E-state index in [0.29, 0.717) is 5.56 Å². The molecule has 0 saturated carbocycles. The van der Waals surface area contributed by atoms with E-state index in [1.807, 2.05) is 0 Å². The first-order valence-corrected chi connectivity index (χ1v) is 4.99. The highest BCUT2D eigenvalue weighted by atomic mass is 19.1. The summed E-state index contributed by atoms with van der Waals surface area (Å²) in [5, 5.41) is 19.4. The quantitative estimate of drug-likeness (QED) is 0.690. The predicted octanol–water partition coefficient (Wildman–Crippen LogP) is 0.577. The van der Waals surface area contributed by atoms with Crippen LogP contribution in [-0.2, 0) is 0 Å². The van der Waals surface area contributed by atoms with E-state index >= 15 is 0 Å². The molecule has 0 bridgehead atoms. The molecule has 1 aromatic rings. The van der Waals surface area contributed by atoms with E-state index < -0.39 is 18.0 Å². The topological polar surface area (TPSA) is 75.7 Å². The van der Waals surface area contributed by atoms with Crippen molar-refractivity contribution in [2.75, 3.05) is 13.7 Å². The summed E-state index contributed by atoms with van der Waals surface area (Å²) in [7, 11) is 1.38. The van der Waals surface area contributed by atoms with Crippen LogP contribution in [0.4, 0.5) is 4.39 Å². The number of rotatable bonds is 5. The van der Waals surface area contributed by atoms with E-state index in [0.717, 1.165) is 6.07 Å². The molecule has 0 fully saturated rings. The van der Waals surface area contributed by atoms with Crippen molar-refractivity contribution in [2.24, 2.45) is 5.73 Å². The summed E-state index contributed by atoms with van der Waals surface area (Å²) in [5.74, 6) is -0.246. The van der Waals surface area contributed by atoms with Gasteiger partial charge in [-0.25, -0.2) is 4.39 Å². The normalized spacial score (nSPS) is 14.6. The van der Waals surface area contributed by atoms with E-state index in [2.05, 4.69) is 0 Å². The molecule has 0 amide bonds. The number of benzene rings is 1. The standard InChI is InChI=1S/C11H16FNO3/c1-16-10-6-7(12)2-3-8(10)11(15)9(14)4-5-13/h2-3,6,9,11,14-15H,4-5,13H2,1H3. The molecule has 0 radical (unpaired) electrons. The molecular weight excluding hydrogens is 213 g/mol. The number of nitrogens with two attached hydrogens (primary N) is 1. The van der Waals surface area contributed by atoms with Gasteiger partial charge in [0.2, 0.25) is 0 Å². The number of methoxy groups -OCH3 is 1. The maximum atomic E-state index is 12.9. The first-order chi connectivity index (χ1) is 7.60. The molecule has 16 heavy (non-hydrogen) atoms. The molecule has 2 atom stereocenters. The third kappa shape index (κ3) is 2.91. The lowest BCUT2D eigenvalue weighted by Crippen LogP contribution is -2.22. The van der Waals surface area contributed by atoms with Crippen molar-refractivity contribution in [1.29, 1.82) is 0 Å². The number of aliphatic hydroxyl groups is 2. The van der Waals surface area contributed by atoms with Crippen LogP contribution in [0.1, 0.15) is 18.1 Å². The Balaban J connectivity index is 2.93. The Morgan fingerprint density at radius 3 is 2.69 bits per heavy atom. The van der Waals surface area contributed by atoms with Gasteiger partial charge in [0.1, 0.15) is 17.7 Å². The van der Waals surface area contributed by atoms with Crippen LogP contribution in [0.2, 0.25) is 0 Å². The van der Waals surface area contributed by atoms with Crippen LogP contribution in [-0.4, -0.2) is 30.0 Å². The fourth-order valence-corrected chi connectivity index (χ4v) is 1.47. The maximum Gasteiger partial charge on any atom is 0.127 e. The Bertz CT molecular complexity index is 346. The Hall–Kier alpha value is -1.17. The summed E-state index contributed by atoms with van der Waals surface area (Å²) in [6, 6.07) is 3.75. The Kier molecular flexibility index (Phi) is 4.67. The molecule has 90 valence electrons. The molecule has 0 heterocycles. The Morgan fingerprint density at radius 2 is 2.12 bits per heavy atom. The second-order valence-corrected chi connectivity index (χ2v) is 3.48. The number of hydrogen-bond donors (Lipinski definition) is 3. The van der Waals surface area contributed by atoms with Gasteiger partial charge in [0.05, 0.1) is 13.2 Å². The van der Waals surface area contributed by atoms with Crippen LogP contribution in [0.25, 0.3) is 0 Å². The second kappa shape index (κ2) is 5.79. The largest absolute Gasteiger partial charge is 0.496 e. The molecule has 1 aromatic carbocycles. The fraction of sp³-hybridized carbons (Fsp3) is 0.455.